The van der Waals surface area contributed by atoms with E-state index in [0.29, 0.717) is 10.8 Å². The van der Waals surface area contributed by atoms with Gasteiger partial charge in [-0.2, -0.15) is 0 Å². The second-order valence-electron chi connectivity index (χ2n) is 4.97. The van der Waals surface area contributed by atoms with Crippen LogP contribution in [-0.4, -0.2) is 43.4 Å². The monoisotopic (exact) mass is 411 g/mol. The summed E-state index contributed by atoms with van der Waals surface area (Å²) in [5.74, 6) is -0.540. The van der Waals surface area contributed by atoms with Crippen molar-refractivity contribution < 1.29 is 23.9 Å². The molecule has 0 aliphatic heterocycles. The van der Waals surface area contributed by atoms with Gasteiger partial charge in [0.2, 0.25) is 6.61 Å². The van der Waals surface area contributed by atoms with Gasteiger partial charge in [-0.25, -0.2) is 9.78 Å². The topological polar surface area (TPSA) is 99.1 Å². The number of benzene rings is 1. The summed E-state index contributed by atoms with van der Waals surface area (Å²) in [5, 5.41) is 6.53. The van der Waals surface area contributed by atoms with E-state index in [4.69, 9.17) is 37.5 Å². The van der Waals surface area contributed by atoms with Gasteiger partial charge in [0.05, 0.1) is 23.4 Å². The maximum Gasteiger partial charge on any atom is 0.347 e. The van der Waals surface area contributed by atoms with Crippen molar-refractivity contribution in [2.24, 2.45) is 5.16 Å². The van der Waals surface area contributed by atoms with Gasteiger partial charge in [0.15, 0.2) is 12.4 Å². The van der Waals surface area contributed by atoms with Crippen LogP contribution in [0.25, 0.3) is 0 Å². The molecule has 0 aliphatic rings. The lowest BCUT2D eigenvalue weighted by Gasteiger charge is -2.07. The van der Waals surface area contributed by atoms with Gasteiger partial charge < -0.3 is 19.6 Å². The van der Waals surface area contributed by atoms with Crippen LogP contribution >= 0.6 is 23.2 Å². The maximum absolute atomic E-state index is 11.7. The minimum absolute atomic E-state index is 0.113. The van der Waals surface area contributed by atoms with Crippen LogP contribution in [0.5, 0.6) is 5.75 Å². The van der Waals surface area contributed by atoms with Crippen LogP contribution < -0.4 is 10.1 Å². The van der Waals surface area contributed by atoms with E-state index in [1.54, 1.807) is 31.4 Å². The van der Waals surface area contributed by atoms with Crippen molar-refractivity contribution in [1.29, 1.82) is 0 Å². The van der Waals surface area contributed by atoms with Gasteiger partial charge in [-0.15, -0.1) is 0 Å². The normalized spacial score (nSPS) is 10.5. The zero-order valence-electron chi connectivity index (χ0n) is 14.1. The van der Waals surface area contributed by atoms with Crippen LogP contribution in [0.4, 0.5) is 5.82 Å². The minimum Gasteiger partial charge on any atom is -0.497 e. The number of halogens is 2. The van der Waals surface area contributed by atoms with Crippen LogP contribution in [0.15, 0.2) is 41.7 Å². The highest BCUT2D eigenvalue weighted by atomic mass is 35.5. The number of aromatic nitrogens is 1. The molecule has 10 heteroatoms. The molecule has 2 aromatic rings. The Bertz CT molecular complexity index is 828. The summed E-state index contributed by atoms with van der Waals surface area (Å²) < 4.78 is 9.79. The van der Waals surface area contributed by atoms with Crippen molar-refractivity contribution in [3.8, 4) is 5.75 Å². The fourth-order valence-electron chi connectivity index (χ4n) is 1.74. The molecule has 142 valence electrons. The Hall–Kier alpha value is -2.84. The van der Waals surface area contributed by atoms with Crippen molar-refractivity contribution in [2.75, 3.05) is 25.6 Å². The summed E-state index contributed by atoms with van der Waals surface area (Å²) in [6, 6.07) is 8.48. The van der Waals surface area contributed by atoms with Crippen molar-refractivity contribution in [1.82, 2.24) is 4.98 Å². The van der Waals surface area contributed by atoms with Crippen molar-refractivity contribution in [3.63, 3.8) is 0 Å². The average Bonchev–Trinajstić information content (AvgIpc) is 2.66. The standard InChI is InChI=1S/C17H15Cl2N3O5/c1-25-13-4-2-11(3-5-13)7-21-27-10-16(24)26-9-15(23)22-17-14(19)6-12(18)8-20-17/h2-8H,9-10H2,1H3,(H,20,22,23)/b21-7-. The van der Waals surface area contributed by atoms with Gasteiger partial charge in [-0.05, 0) is 35.9 Å². The molecule has 0 aliphatic carbocycles. The van der Waals surface area contributed by atoms with E-state index >= 15 is 0 Å². The molecule has 27 heavy (non-hydrogen) atoms. The first-order valence-electron chi connectivity index (χ1n) is 7.54. The highest BCUT2D eigenvalue weighted by molar-refractivity contribution is 6.36. The maximum atomic E-state index is 11.7. The Balaban J connectivity index is 1.69. The van der Waals surface area contributed by atoms with Crippen molar-refractivity contribution >= 4 is 47.1 Å². The molecule has 0 atom stereocenters. The third kappa shape index (κ3) is 7.12. The molecular weight excluding hydrogens is 397 g/mol. The van der Waals surface area contributed by atoms with Crippen molar-refractivity contribution in [2.45, 2.75) is 0 Å². The fraction of sp³-hybridized carbons (Fsp3) is 0.176. The molecule has 0 saturated heterocycles. The number of amides is 1. The lowest BCUT2D eigenvalue weighted by atomic mass is 10.2. The molecule has 0 radical (unpaired) electrons. The smallest absolute Gasteiger partial charge is 0.347 e. The lowest BCUT2D eigenvalue weighted by molar-refractivity contribution is -0.151. The van der Waals surface area contributed by atoms with E-state index in [0.717, 1.165) is 5.56 Å². The Kier molecular flexibility index (Phi) is 7.84. The molecular formula is C17H15Cl2N3O5. The highest BCUT2D eigenvalue weighted by Gasteiger charge is 2.11. The Morgan fingerprint density at radius 1 is 1.22 bits per heavy atom. The van der Waals surface area contributed by atoms with Crippen molar-refractivity contribution in [3.05, 3.63) is 52.1 Å². The second-order valence-corrected chi connectivity index (χ2v) is 5.82. The number of oxime groups is 1. The molecule has 2 rings (SSSR count). The first-order valence-corrected chi connectivity index (χ1v) is 8.29. The molecule has 1 aromatic carbocycles. The number of hydrogen-bond acceptors (Lipinski definition) is 7. The number of esters is 1. The molecule has 0 saturated carbocycles. The molecule has 0 fully saturated rings. The molecule has 1 amide bonds. The highest BCUT2D eigenvalue weighted by Crippen LogP contribution is 2.22. The lowest BCUT2D eigenvalue weighted by Crippen LogP contribution is -2.23. The Morgan fingerprint density at radius 2 is 1.96 bits per heavy atom. The average molecular weight is 412 g/mol. The van der Waals surface area contributed by atoms with E-state index < -0.39 is 25.1 Å². The second kappa shape index (κ2) is 10.3. The third-order valence-electron chi connectivity index (χ3n) is 3.00. The summed E-state index contributed by atoms with van der Waals surface area (Å²) in [4.78, 5) is 31.9. The Labute approximate surface area is 165 Å². The van der Waals surface area contributed by atoms with Gasteiger partial charge >= 0.3 is 5.97 Å². The number of ether oxygens (including phenoxy) is 2. The summed E-state index contributed by atoms with van der Waals surface area (Å²) in [5.41, 5.74) is 0.760. The number of carbonyl (C=O) groups is 2. The van der Waals surface area contributed by atoms with Gasteiger partial charge in [0.25, 0.3) is 5.91 Å². The first kappa shape index (κ1) is 20.5. The minimum atomic E-state index is -0.757. The van der Waals surface area contributed by atoms with E-state index in [1.165, 1.54) is 18.5 Å². The molecule has 1 aromatic heterocycles. The molecule has 0 unspecified atom stereocenters. The zero-order chi connectivity index (χ0) is 19.6. The quantitative estimate of drug-likeness (QED) is 0.407. The van der Waals surface area contributed by atoms with E-state index in [-0.39, 0.29) is 10.8 Å². The molecule has 0 bridgehead atoms. The van der Waals surface area contributed by atoms with Crippen LogP contribution in [0.3, 0.4) is 0 Å². The first-order chi connectivity index (χ1) is 13.0. The van der Waals surface area contributed by atoms with Crippen LogP contribution in [0.2, 0.25) is 10.0 Å². The van der Waals surface area contributed by atoms with E-state index in [9.17, 15) is 9.59 Å². The predicted molar refractivity (Wildman–Crippen MR) is 100 cm³/mol. The summed E-state index contributed by atoms with van der Waals surface area (Å²) in [6.07, 6.45) is 2.75. The van der Waals surface area contributed by atoms with E-state index in [2.05, 4.69) is 15.5 Å². The third-order valence-corrected chi connectivity index (χ3v) is 3.50. The SMILES string of the molecule is COc1ccc(/C=N\OCC(=O)OCC(=O)Nc2ncc(Cl)cc2Cl)cc1. The number of nitrogens with one attached hydrogen (secondary N) is 1. The number of pyridine rings is 1. The van der Waals surface area contributed by atoms with Crippen LogP contribution in [-0.2, 0) is 19.2 Å². The predicted octanol–water partition coefficient (Wildman–Crippen LogP) is 2.93. The van der Waals surface area contributed by atoms with Crippen LogP contribution in [0, 0.1) is 0 Å². The van der Waals surface area contributed by atoms with Crippen LogP contribution in [0.1, 0.15) is 5.56 Å². The molecule has 1 N–H and O–H groups in total. The Morgan fingerprint density at radius 3 is 2.63 bits per heavy atom. The summed E-state index contributed by atoms with van der Waals surface area (Å²) >= 11 is 11.6. The number of rotatable bonds is 8. The number of nitrogens with zero attached hydrogens (tertiary/aromatic N) is 2. The number of carbonyl (C=O) groups excluding carboxylic acids is 2. The van der Waals surface area contributed by atoms with Gasteiger partial charge in [-0.1, -0.05) is 28.4 Å². The molecule has 0 spiro atoms. The number of methoxy groups -OCH3 is 1. The number of hydrogen-bond donors (Lipinski definition) is 1. The van der Waals surface area contributed by atoms with Gasteiger partial charge in [0.1, 0.15) is 5.75 Å². The molecule has 8 nitrogen and oxygen atoms in total. The fourth-order valence-corrected chi connectivity index (χ4v) is 2.17. The largest absolute Gasteiger partial charge is 0.497 e. The summed E-state index contributed by atoms with van der Waals surface area (Å²) in [6.45, 7) is -0.967. The number of anilines is 1. The van der Waals surface area contributed by atoms with Gasteiger partial charge in [0, 0.05) is 6.20 Å². The summed E-state index contributed by atoms with van der Waals surface area (Å²) in [7, 11) is 1.57. The van der Waals surface area contributed by atoms with Gasteiger partial charge in [-0.3, -0.25) is 4.79 Å². The van der Waals surface area contributed by atoms with E-state index in [1.807, 2.05) is 0 Å². The zero-order valence-corrected chi connectivity index (χ0v) is 15.7. The molecule has 1 heterocycles.